The zero-order valence-corrected chi connectivity index (χ0v) is 16.3. The number of rotatable bonds is 5. The first-order valence-corrected chi connectivity index (χ1v) is 9.84. The van der Waals surface area contributed by atoms with Gasteiger partial charge in [-0.3, -0.25) is 14.2 Å². The number of nitrogens with zero attached hydrogens (tertiary/aromatic N) is 2. The first-order valence-electron chi connectivity index (χ1n) is 9.84. The number of aromatic nitrogens is 2. The van der Waals surface area contributed by atoms with Crippen LogP contribution >= 0.6 is 0 Å². The number of benzene rings is 1. The fourth-order valence-corrected chi connectivity index (χ4v) is 3.97. The lowest BCUT2D eigenvalue weighted by Crippen LogP contribution is -2.41. The third-order valence-electron chi connectivity index (χ3n) is 5.53. The molecule has 2 N–H and O–H groups in total. The molecule has 8 heteroatoms. The summed E-state index contributed by atoms with van der Waals surface area (Å²) in [5, 5.41) is 2.76. The van der Waals surface area contributed by atoms with Crippen molar-refractivity contribution >= 4 is 22.8 Å². The predicted octanol–water partition coefficient (Wildman–Crippen LogP) is 2.21. The molecular weight excluding hydrogens is 372 g/mol. The van der Waals surface area contributed by atoms with Gasteiger partial charge in [0.25, 0.3) is 5.91 Å². The summed E-state index contributed by atoms with van der Waals surface area (Å²) in [7, 11) is 0. The number of para-hydroxylation sites is 2. The van der Waals surface area contributed by atoms with E-state index in [1.54, 1.807) is 13.0 Å². The molecule has 29 heavy (non-hydrogen) atoms. The summed E-state index contributed by atoms with van der Waals surface area (Å²) in [4.78, 5) is 41.6. The smallest absolute Gasteiger partial charge is 0.326 e. The van der Waals surface area contributed by atoms with Crippen molar-refractivity contribution in [3.05, 3.63) is 58.4 Å². The Morgan fingerprint density at radius 2 is 1.97 bits per heavy atom. The number of carbonyl (C=O) groups excluding carboxylic acids is 2. The number of likely N-dealkylation sites (tertiary alicyclic amines) is 1. The monoisotopic (exact) mass is 396 g/mol. The van der Waals surface area contributed by atoms with Gasteiger partial charge in [0, 0.05) is 32.1 Å². The van der Waals surface area contributed by atoms with Crippen molar-refractivity contribution in [2.45, 2.75) is 32.2 Å². The van der Waals surface area contributed by atoms with Crippen LogP contribution in [-0.4, -0.2) is 45.9 Å². The highest BCUT2D eigenvalue weighted by Gasteiger charge is 2.26. The Morgan fingerprint density at radius 3 is 2.69 bits per heavy atom. The van der Waals surface area contributed by atoms with Crippen molar-refractivity contribution in [1.82, 2.24) is 19.8 Å². The van der Waals surface area contributed by atoms with Crippen molar-refractivity contribution < 1.29 is 14.0 Å². The summed E-state index contributed by atoms with van der Waals surface area (Å²) >= 11 is 0. The number of carbonyl (C=O) groups is 2. The second-order valence-corrected chi connectivity index (χ2v) is 7.33. The number of furan rings is 1. The van der Waals surface area contributed by atoms with E-state index in [1.807, 2.05) is 33.7 Å². The van der Waals surface area contributed by atoms with Gasteiger partial charge in [-0.2, -0.15) is 0 Å². The van der Waals surface area contributed by atoms with E-state index in [1.165, 1.54) is 6.26 Å². The Morgan fingerprint density at radius 1 is 1.21 bits per heavy atom. The van der Waals surface area contributed by atoms with Gasteiger partial charge >= 0.3 is 5.69 Å². The minimum absolute atomic E-state index is 0.0129. The second-order valence-electron chi connectivity index (χ2n) is 7.33. The van der Waals surface area contributed by atoms with Gasteiger partial charge in [0.1, 0.15) is 5.76 Å². The summed E-state index contributed by atoms with van der Waals surface area (Å²) in [6, 6.07) is 9.34. The topological polar surface area (TPSA) is 100 Å². The van der Waals surface area contributed by atoms with E-state index in [0.29, 0.717) is 24.4 Å². The number of hydrogen-bond donors (Lipinski definition) is 2. The molecule has 0 atom stereocenters. The number of imidazole rings is 1. The molecule has 0 radical (unpaired) electrons. The highest BCUT2D eigenvalue weighted by atomic mass is 16.3. The van der Waals surface area contributed by atoms with Gasteiger partial charge < -0.3 is 19.6 Å². The van der Waals surface area contributed by atoms with E-state index < -0.39 is 0 Å². The highest BCUT2D eigenvalue weighted by molar-refractivity contribution is 5.95. The van der Waals surface area contributed by atoms with Crippen LogP contribution in [0.15, 0.2) is 45.8 Å². The van der Waals surface area contributed by atoms with Crippen molar-refractivity contribution in [1.29, 1.82) is 0 Å². The first-order chi connectivity index (χ1) is 14.0. The predicted molar refractivity (Wildman–Crippen MR) is 108 cm³/mol. The maximum absolute atomic E-state index is 12.5. The minimum atomic E-state index is -0.235. The molecule has 3 aromatic rings. The number of aromatic amines is 1. The Balaban J connectivity index is 1.29. The summed E-state index contributed by atoms with van der Waals surface area (Å²) in [6.07, 6.45) is 3.18. The lowest BCUT2D eigenvalue weighted by molar-refractivity contribution is -0.132. The van der Waals surface area contributed by atoms with Crippen LogP contribution in [0.4, 0.5) is 0 Å². The van der Waals surface area contributed by atoms with Gasteiger partial charge in [-0.15, -0.1) is 0 Å². The molecule has 152 valence electrons. The van der Waals surface area contributed by atoms with Crippen LogP contribution in [0, 0.1) is 6.92 Å². The Labute approximate surface area is 167 Å². The van der Waals surface area contributed by atoms with Gasteiger partial charge in [-0.05, 0) is 38.0 Å². The summed E-state index contributed by atoms with van der Waals surface area (Å²) in [6.45, 7) is 3.21. The summed E-state index contributed by atoms with van der Waals surface area (Å²) in [5.74, 6) is 0.337. The molecule has 0 bridgehead atoms. The van der Waals surface area contributed by atoms with Crippen LogP contribution in [0.5, 0.6) is 0 Å². The number of H-pyrrole nitrogens is 1. The van der Waals surface area contributed by atoms with E-state index in [2.05, 4.69) is 10.3 Å². The second kappa shape index (κ2) is 7.98. The normalized spacial score (nSPS) is 15.0. The molecule has 0 aliphatic carbocycles. The molecule has 2 aromatic heterocycles. The molecule has 2 amide bonds. The number of nitrogens with one attached hydrogen (secondary N) is 2. The lowest BCUT2D eigenvalue weighted by atomic mass is 10.0. The first kappa shape index (κ1) is 19.0. The quantitative estimate of drug-likeness (QED) is 0.691. The van der Waals surface area contributed by atoms with Gasteiger partial charge in [0.05, 0.1) is 22.9 Å². The fraction of sp³-hybridized carbons (Fsp3) is 0.381. The molecule has 0 unspecified atom stereocenters. The number of piperidine rings is 1. The standard InChI is InChI=1S/C21H24N4O4/c1-14-16(9-13-29-14)20(27)22-10-6-19(26)24-11-7-15(8-12-24)25-18-5-3-2-4-17(18)23-21(25)28/h2-5,9,13,15H,6-8,10-12H2,1H3,(H,22,27)(H,23,28). The number of aryl methyl sites for hydroxylation is 1. The van der Waals surface area contributed by atoms with Crippen LogP contribution < -0.4 is 11.0 Å². The van der Waals surface area contributed by atoms with E-state index in [9.17, 15) is 14.4 Å². The Kier molecular flexibility index (Phi) is 5.24. The van der Waals surface area contributed by atoms with E-state index >= 15 is 0 Å². The summed E-state index contributed by atoms with van der Waals surface area (Å²) < 4.78 is 6.93. The largest absolute Gasteiger partial charge is 0.469 e. The van der Waals surface area contributed by atoms with Crippen molar-refractivity contribution in [3.63, 3.8) is 0 Å². The summed E-state index contributed by atoms with van der Waals surface area (Å²) in [5.41, 5.74) is 2.12. The molecule has 1 aliphatic heterocycles. The Hall–Kier alpha value is -3.29. The van der Waals surface area contributed by atoms with Crippen molar-refractivity contribution in [2.24, 2.45) is 0 Å². The fourth-order valence-electron chi connectivity index (χ4n) is 3.97. The molecule has 1 fully saturated rings. The van der Waals surface area contributed by atoms with E-state index in [0.717, 1.165) is 23.9 Å². The number of fused-ring (bicyclic) bond motifs is 1. The van der Waals surface area contributed by atoms with Gasteiger partial charge in [-0.25, -0.2) is 4.79 Å². The van der Waals surface area contributed by atoms with Gasteiger partial charge in [0.15, 0.2) is 0 Å². The number of hydrogen-bond acceptors (Lipinski definition) is 4. The van der Waals surface area contributed by atoms with E-state index in [-0.39, 0.29) is 36.5 Å². The average molecular weight is 396 g/mol. The molecular formula is C21H24N4O4. The molecule has 3 heterocycles. The van der Waals surface area contributed by atoms with Crippen LogP contribution in [0.25, 0.3) is 11.0 Å². The van der Waals surface area contributed by atoms with Gasteiger partial charge in [-0.1, -0.05) is 12.1 Å². The maximum atomic E-state index is 12.5. The van der Waals surface area contributed by atoms with Crippen LogP contribution in [-0.2, 0) is 4.79 Å². The SMILES string of the molecule is Cc1occc1C(=O)NCCC(=O)N1CCC(n2c(=O)[nH]c3ccccc32)CC1. The zero-order chi connectivity index (χ0) is 20.4. The van der Waals surface area contributed by atoms with Crippen molar-refractivity contribution in [2.75, 3.05) is 19.6 Å². The molecule has 1 aliphatic rings. The van der Waals surface area contributed by atoms with Crippen LogP contribution in [0.2, 0.25) is 0 Å². The zero-order valence-electron chi connectivity index (χ0n) is 16.3. The molecule has 1 aromatic carbocycles. The molecule has 0 saturated carbocycles. The van der Waals surface area contributed by atoms with Crippen LogP contribution in [0.1, 0.15) is 41.4 Å². The van der Waals surface area contributed by atoms with Crippen LogP contribution in [0.3, 0.4) is 0 Å². The van der Waals surface area contributed by atoms with Crippen molar-refractivity contribution in [3.8, 4) is 0 Å². The third kappa shape index (κ3) is 3.83. The van der Waals surface area contributed by atoms with E-state index in [4.69, 9.17) is 4.42 Å². The molecule has 8 nitrogen and oxygen atoms in total. The third-order valence-corrected chi connectivity index (χ3v) is 5.53. The molecule has 0 spiro atoms. The molecule has 4 rings (SSSR count). The van der Waals surface area contributed by atoms with Gasteiger partial charge in [0.2, 0.25) is 5.91 Å². The lowest BCUT2D eigenvalue weighted by Gasteiger charge is -2.32. The maximum Gasteiger partial charge on any atom is 0.326 e. The number of amides is 2. The Bertz CT molecular complexity index is 1090. The highest BCUT2D eigenvalue weighted by Crippen LogP contribution is 2.25. The average Bonchev–Trinajstić information content (AvgIpc) is 3.30. The molecule has 1 saturated heterocycles. The minimum Gasteiger partial charge on any atom is -0.469 e.